The summed E-state index contributed by atoms with van der Waals surface area (Å²) < 4.78 is 5.32. The van der Waals surface area contributed by atoms with Crippen LogP contribution in [0.1, 0.15) is 26.3 Å². The summed E-state index contributed by atoms with van der Waals surface area (Å²) in [5.74, 6) is -0.366. The van der Waals surface area contributed by atoms with E-state index < -0.39 is 5.41 Å². The van der Waals surface area contributed by atoms with Crippen LogP contribution < -0.4 is 5.32 Å². The van der Waals surface area contributed by atoms with Gasteiger partial charge in [0.25, 0.3) is 0 Å². The average molecular weight is 361 g/mol. The molecule has 0 aromatic heterocycles. The first kappa shape index (κ1) is 20.4. The Kier molecular flexibility index (Phi) is 7.60. The lowest BCUT2D eigenvalue weighted by atomic mass is 9.90. The smallest absolute Gasteiger partial charge is 0.237 e. The van der Waals surface area contributed by atoms with Crippen LogP contribution in [-0.2, 0) is 20.9 Å². The molecule has 1 aromatic rings. The third-order valence-corrected chi connectivity index (χ3v) is 4.80. The maximum atomic E-state index is 12.9. The number of hydrogen-bond acceptors (Lipinski definition) is 4. The number of rotatable bonds is 8. The lowest BCUT2D eigenvalue weighted by molar-refractivity contribution is -0.148. The van der Waals surface area contributed by atoms with Gasteiger partial charge in [-0.05, 0) is 26.3 Å². The number of nitrogens with zero attached hydrogens (tertiary/aromatic N) is 2. The minimum Gasteiger partial charge on any atom is -0.379 e. The predicted molar refractivity (Wildman–Crippen MR) is 102 cm³/mol. The van der Waals surface area contributed by atoms with E-state index in [0.29, 0.717) is 19.6 Å². The van der Waals surface area contributed by atoms with Crippen molar-refractivity contribution >= 4 is 11.8 Å². The molecular formula is C20H31N3O3. The standard InChI is InChI=1S/C20H31N3O3/c1-4-23(16-17-8-6-5-7-9-17)19(25)20(2,3)18(24)21-10-11-22-12-14-26-15-13-22/h5-9H,4,10-16H2,1-3H3,(H,21,24). The number of nitrogens with one attached hydrogen (secondary N) is 1. The van der Waals surface area contributed by atoms with E-state index in [1.807, 2.05) is 37.3 Å². The van der Waals surface area contributed by atoms with Crippen molar-refractivity contribution in [1.29, 1.82) is 0 Å². The molecule has 0 spiro atoms. The summed E-state index contributed by atoms with van der Waals surface area (Å²) in [5, 5.41) is 2.93. The van der Waals surface area contributed by atoms with Gasteiger partial charge in [0.15, 0.2) is 0 Å². The van der Waals surface area contributed by atoms with Crippen molar-refractivity contribution in [3.63, 3.8) is 0 Å². The van der Waals surface area contributed by atoms with Gasteiger partial charge in [0.1, 0.15) is 5.41 Å². The Balaban J connectivity index is 1.88. The van der Waals surface area contributed by atoms with Gasteiger partial charge in [-0.2, -0.15) is 0 Å². The number of carbonyl (C=O) groups is 2. The third-order valence-electron chi connectivity index (χ3n) is 4.80. The zero-order valence-electron chi connectivity index (χ0n) is 16.2. The van der Waals surface area contributed by atoms with E-state index in [-0.39, 0.29) is 11.8 Å². The van der Waals surface area contributed by atoms with Crippen LogP contribution in [0.15, 0.2) is 30.3 Å². The molecule has 26 heavy (non-hydrogen) atoms. The molecule has 0 bridgehead atoms. The van der Waals surface area contributed by atoms with Crippen LogP contribution in [0.3, 0.4) is 0 Å². The summed E-state index contributed by atoms with van der Waals surface area (Å²) in [4.78, 5) is 29.6. The van der Waals surface area contributed by atoms with Gasteiger partial charge < -0.3 is 15.0 Å². The Labute approximate surface area is 156 Å². The highest BCUT2D eigenvalue weighted by Gasteiger charge is 2.38. The largest absolute Gasteiger partial charge is 0.379 e. The monoisotopic (exact) mass is 361 g/mol. The van der Waals surface area contributed by atoms with E-state index in [0.717, 1.165) is 38.4 Å². The highest BCUT2D eigenvalue weighted by Crippen LogP contribution is 2.21. The van der Waals surface area contributed by atoms with Gasteiger partial charge in [0, 0.05) is 39.3 Å². The molecule has 1 fully saturated rings. The van der Waals surface area contributed by atoms with E-state index in [1.165, 1.54) is 0 Å². The molecule has 0 atom stereocenters. The number of carbonyl (C=O) groups excluding carboxylic acids is 2. The summed E-state index contributed by atoms with van der Waals surface area (Å²) in [6.07, 6.45) is 0. The number of ether oxygens (including phenoxy) is 1. The third kappa shape index (κ3) is 5.54. The average Bonchev–Trinajstić information content (AvgIpc) is 2.67. The summed E-state index contributed by atoms with van der Waals surface area (Å²) in [5.41, 5.74) is -0.0262. The summed E-state index contributed by atoms with van der Waals surface area (Å²) >= 11 is 0. The van der Waals surface area contributed by atoms with E-state index in [4.69, 9.17) is 4.74 Å². The molecule has 1 saturated heterocycles. The van der Waals surface area contributed by atoms with Gasteiger partial charge in [-0.1, -0.05) is 30.3 Å². The fourth-order valence-corrected chi connectivity index (χ4v) is 3.00. The summed E-state index contributed by atoms with van der Waals surface area (Å²) in [6, 6.07) is 9.85. The Hall–Kier alpha value is -1.92. The lowest BCUT2D eigenvalue weighted by Gasteiger charge is -2.31. The van der Waals surface area contributed by atoms with E-state index >= 15 is 0 Å². The van der Waals surface area contributed by atoms with E-state index in [9.17, 15) is 9.59 Å². The zero-order valence-corrected chi connectivity index (χ0v) is 16.2. The summed E-state index contributed by atoms with van der Waals surface area (Å²) in [6.45, 7) is 11.0. The van der Waals surface area contributed by atoms with Crippen LogP contribution in [0.2, 0.25) is 0 Å². The van der Waals surface area contributed by atoms with Crippen molar-refractivity contribution in [1.82, 2.24) is 15.1 Å². The second kappa shape index (κ2) is 9.69. The van der Waals surface area contributed by atoms with Crippen LogP contribution in [0.4, 0.5) is 0 Å². The van der Waals surface area contributed by atoms with Gasteiger partial charge in [-0.3, -0.25) is 14.5 Å². The van der Waals surface area contributed by atoms with Crippen molar-refractivity contribution in [2.45, 2.75) is 27.3 Å². The molecular weight excluding hydrogens is 330 g/mol. The van der Waals surface area contributed by atoms with Crippen LogP contribution in [0, 0.1) is 5.41 Å². The molecule has 2 amide bonds. The van der Waals surface area contributed by atoms with Crippen molar-refractivity contribution in [2.24, 2.45) is 5.41 Å². The van der Waals surface area contributed by atoms with Crippen molar-refractivity contribution in [2.75, 3.05) is 45.9 Å². The first-order valence-corrected chi connectivity index (χ1v) is 9.37. The molecule has 0 radical (unpaired) electrons. The van der Waals surface area contributed by atoms with Crippen LogP contribution in [0.5, 0.6) is 0 Å². The van der Waals surface area contributed by atoms with Crippen molar-refractivity contribution in [3.8, 4) is 0 Å². The van der Waals surface area contributed by atoms with E-state index in [2.05, 4.69) is 10.2 Å². The first-order chi connectivity index (χ1) is 12.4. The molecule has 1 N–H and O–H groups in total. The van der Waals surface area contributed by atoms with Crippen LogP contribution in [0.25, 0.3) is 0 Å². The van der Waals surface area contributed by atoms with Gasteiger partial charge in [-0.15, -0.1) is 0 Å². The molecule has 1 heterocycles. The van der Waals surface area contributed by atoms with Crippen LogP contribution >= 0.6 is 0 Å². The minimum atomic E-state index is -1.09. The zero-order chi connectivity index (χ0) is 19.0. The highest BCUT2D eigenvalue weighted by atomic mass is 16.5. The highest BCUT2D eigenvalue weighted by molar-refractivity contribution is 6.04. The van der Waals surface area contributed by atoms with E-state index in [1.54, 1.807) is 18.7 Å². The topological polar surface area (TPSA) is 61.9 Å². The summed E-state index contributed by atoms with van der Waals surface area (Å²) in [7, 11) is 0. The lowest BCUT2D eigenvalue weighted by Crippen LogP contribution is -2.50. The molecule has 1 aromatic carbocycles. The molecule has 144 valence electrons. The Bertz CT molecular complexity index is 583. The quantitative estimate of drug-likeness (QED) is 0.713. The molecule has 2 rings (SSSR count). The molecule has 1 aliphatic rings. The Morgan fingerprint density at radius 2 is 1.85 bits per heavy atom. The van der Waals surface area contributed by atoms with Crippen molar-refractivity contribution in [3.05, 3.63) is 35.9 Å². The fraction of sp³-hybridized carbons (Fsp3) is 0.600. The number of amides is 2. The second-order valence-corrected chi connectivity index (χ2v) is 7.14. The van der Waals surface area contributed by atoms with Gasteiger partial charge in [0.2, 0.25) is 11.8 Å². The Morgan fingerprint density at radius 3 is 2.46 bits per heavy atom. The molecule has 6 heteroatoms. The van der Waals surface area contributed by atoms with Gasteiger partial charge in [-0.25, -0.2) is 0 Å². The number of benzene rings is 1. The maximum Gasteiger partial charge on any atom is 0.237 e. The molecule has 0 aliphatic carbocycles. The molecule has 1 aliphatic heterocycles. The second-order valence-electron chi connectivity index (χ2n) is 7.14. The van der Waals surface area contributed by atoms with Gasteiger partial charge in [0.05, 0.1) is 13.2 Å². The normalized spacial score (nSPS) is 15.5. The molecule has 0 unspecified atom stereocenters. The Morgan fingerprint density at radius 1 is 1.19 bits per heavy atom. The first-order valence-electron chi connectivity index (χ1n) is 9.37. The predicted octanol–water partition coefficient (Wildman–Crippen LogP) is 1.51. The molecule has 0 saturated carbocycles. The minimum absolute atomic E-state index is 0.146. The maximum absolute atomic E-state index is 12.9. The van der Waals surface area contributed by atoms with Crippen molar-refractivity contribution < 1.29 is 14.3 Å². The fourth-order valence-electron chi connectivity index (χ4n) is 3.00. The molecule has 6 nitrogen and oxygen atoms in total. The number of hydrogen-bond donors (Lipinski definition) is 1. The number of morpholine rings is 1. The van der Waals surface area contributed by atoms with Crippen LogP contribution in [-0.4, -0.2) is 67.6 Å². The SMILES string of the molecule is CCN(Cc1ccccc1)C(=O)C(C)(C)C(=O)NCCN1CCOCC1. The van der Waals surface area contributed by atoms with Gasteiger partial charge >= 0.3 is 0 Å².